The van der Waals surface area contributed by atoms with Gasteiger partial charge in [-0.25, -0.2) is 4.79 Å². The van der Waals surface area contributed by atoms with Gasteiger partial charge in [-0.15, -0.1) is 0 Å². The molecule has 0 N–H and O–H groups in total. The van der Waals surface area contributed by atoms with Crippen molar-refractivity contribution in [1.82, 2.24) is 0 Å². The Morgan fingerprint density at radius 2 is 1.94 bits per heavy atom. The SMILES string of the molecule is CC(=O)c1cc(C)ccc1OCC(=O)OC(C)C. The van der Waals surface area contributed by atoms with Crippen molar-refractivity contribution < 1.29 is 19.1 Å². The number of esters is 1. The Kier molecular flexibility index (Phi) is 4.89. The van der Waals surface area contributed by atoms with Gasteiger partial charge in [0.1, 0.15) is 5.75 Å². The smallest absolute Gasteiger partial charge is 0.344 e. The number of carbonyl (C=O) groups is 2. The minimum Gasteiger partial charge on any atom is -0.481 e. The molecular formula is C14H18O4. The standard InChI is InChI=1S/C14H18O4/c1-9(2)18-14(16)8-17-13-6-5-10(3)7-12(13)11(4)15/h5-7,9H,8H2,1-4H3. The summed E-state index contributed by atoms with van der Waals surface area (Å²) < 4.78 is 10.3. The minimum absolute atomic E-state index is 0.0917. The molecule has 0 aliphatic heterocycles. The molecule has 1 aromatic carbocycles. The number of Topliss-reactive ketones (excluding diaryl/α,β-unsaturated/α-hetero) is 1. The van der Waals surface area contributed by atoms with Crippen LogP contribution < -0.4 is 4.74 Å². The van der Waals surface area contributed by atoms with Crippen LogP contribution in [0.3, 0.4) is 0 Å². The van der Waals surface area contributed by atoms with Gasteiger partial charge in [-0.1, -0.05) is 11.6 Å². The van der Waals surface area contributed by atoms with E-state index >= 15 is 0 Å². The summed E-state index contributed by atoms with van der Waals surface area (Å²) in [6.07, 6.45) is -0.175. The van der Waals surface area contributed by atoms with E-state index in [-0.39, 0.29) is 18.5 Å². The summed E-state index contributed by atoms with van der Waals surface area (Å²) in [4.78, 5) is 22.8. The zero-order valence-electron chi connectivity index (χ0n) is 11.1. The predicted octanol–water partition coefficient (Wildman–Crippen LogP) is 2.53. The third kappa shape index (κ3) is 4.20. The molecule has 0 fully saturated rings. The molecule has 0 amide bonds. The molecule has 0 radical (unpaired) electrons. The maximum atomic E-state index is 11.4. The van der Waals surface area contributed by atoms with Gasteiger partial charge in [0, 0.05) is 0 Å². The van der Waals surface area contributed by atoms with E-state index in [4.69, 9.17) is 9.47 Å². The van der Waals surface area contributed by atoms with Gasteiger partial charge in [0.25, 0.3) is 0 Å². The molecule has 0 aromatic heterocycles. The Labute approximate surface area is 107 Å². The first kappa shape index (κ1) is 14.2. The summed E-state index contributed by atoms with van der Waals surface area (Å²) in [5.41, 5.74) is 1.45. The quantitative estimate of drug-likeness (QED) is 0.595. The molecule has 18 heavy (non-hydrogen) atoms. The van der Waals surface area contributed by atoms with Crippen LogP contribution in [0.15, 0.2) is 18.2 Å². The fourth-order valence-electron chi connectivity index (χ4n) is 1.48. The molecule has 0 heterocycles. The molecule has 0 atom stereocenters. The Hall–Kier alpha value is -1.84. The van der Waals surface area contributed by atoms with Crippen molar-refractivity contribution in [2.45, 2.75) is 33.8 Å². The maximum Gasteiger partial charge on any atom is 0.344 e. The van der Waals surface area contributed by atoms with Crippen molar-refractivity contribution in [3.05, 3.63) is 29.3 Å². The number of carbonyl (C=O) groups excluding carboxylic acids is 2. The Balaban J connectivity index is 2.73. The number of hydrogen-bond donors (Lipinski definition) is 0. The van der Waals surface area contributed by atoms with Crippen LogP contribution in [0.2, 0.25) is 0 Å². The molecule has 4 nitrogen and oxygen atoms in total. The molecule has 1 aromatic rings. The summed E-state index contributed by atoms with van der Waals surface area (Å²) >= 11 is 0. The van der Waals surface area contributed by atoms with Gasteiger partial charge >= 0.3 is 5.97 Å². The van der Waals surface area contributed by atoms with Crippen LogP contribution in [0.25, 0.3) is 0 Å². The summed E-state index contributed by atoms with van der Waals surface area (Å²) in [5, 5.41) is 0. The Bertz CT molecular complexity index is 449. The highest BCUT2D eigenvalue weighted by Crippen LogP contribution is 2.20. The van der Waals surface area contributed by atoms with Gasteiger partial charge in [-0.05, 0) is 39.8 Å². The molecule has 98 valence electrons. The van der Waals surface area contributed by atoms with Crippen molar-refractivity contribution >= 4 is 11.8 Å². The van der Waals surface area contributed by atoms with E-state index in [1.807, 2.05) is 13.0 Å². The van der Waals surface area contributed by atoms with Gasteiger partial charge in [0.15, 0.2) is 12.4 Å². The van der Waals surface area contributed by atoms with E-state index in [9.17, 15) is 9.59 Å². The molecule has 0 saturated carbocycles. The first-order chi connectivity index (χ1) is 8.40. The van der Waals surface area contributed by atoms with E-state index in [1.165, 1.54) is 6.92 Å². The van der Waals surface area contributed by atoms with Crippen LogP contribution in [0.5, 0.6) is 5.75 Å². The number of ketones is 1. The van der Waals surface area contributed by atoms with Gasteiger partial charge in [0.05, 0.1) is 11.7 Å². The van der Waals surface area contributed by atoms with Crippen molar-refractivity contribution in [3.8, 4) is 5.75 Å². The lowest BCUT2D eigenvalue weighted by Gasteiger charge is -2.11. The molecule has 0 unspecified atom stereocenters. The molecule has 0 saturated heterocycles. The molecule has 4 heteroatoms. The van der Waals surface area contributed by atoms with Crippen molar-refractivity contribution in [2.24, 2.45) is 0 Å². The van der Waals surface area contributed by atoms with Gasteiger partial charge < -0.3 is 9.47 Å². The highest BCUT2D eigenvalue weighted by Gasteiger charge is 2.12. The van der Waals surface area contributed by atoms with Crippen LogP contribution in [-0.4, -0.2) is 24.5 Å². The van der Waals surface area contributed by atoms with E-state index in [2.05, 4.69) is 0 Å². The van der Waals surface area contributed by atoms with Crippen LogP contribution in [0.1, 0.15) is 36.7 Å². The van der Waals surface area contributed by atoms with Gasteiger partial charge in [-0.2, -0.15) is 0 Å². The largest absolute Gasteiger partial charge is 0.481 e. The first-order valence-electron chi connectivity index (χ1n) is 5.84. The Morgan fingerprint density at radius 3 is 2.50 bits per heavy atom. The highest BCUT2D eigenvalue weighted by atomic mass is 16.6. The molecule has 1 rings (SSSR count). The van der Waals surface area contributed by atoms with Gasteiger partial charge in [0.2, 0.25) is 0 Å². The lowest BCUT2D eigenvalue weighted by Crippen LogP contribution is -2.19. The number of ether oxygens (including phenoxy) is 2. The Morgan fingerprint density at radius 1 is 1.28 bits per heavy atom. The fraction of sp³-hybridized carbons (Fsp3) is 0.429. The second-order valence-electron chi connectivity index (χ2n) is 4.38. The maximum absolute atomic E-state index is 11.4. The third-order valence-electron chi connectivity index (χ3n) is 2.23. The van der Waals surface area contributed by atoms with E-state index in [0.717, 1.165) is 5.56 Å². The number of aryl methyl sites for hydroxylation is 1. The minimum atomic E-state index is -0.444. The molecule has 0 bridgehead atoms. The second-order valence-corrected chi connectivity index (χ2v) is 4.38. The van der Waals surface area contributed by atoms with Crippen LogP contribution in [-0.2, 0) is 9.53 Å². The van der Waals surface area contributed by atoms with Crippen LogP contribution >= 0.6 is 0 Å². The lowest BCUT2D eigenvalue weighted by molar-refractivity contribution is -0.149. The monoisotopic (exact) mass is 250 g/mol. The molecule has 0 aliphatic rings. The van der Waals surface area contributed by atoms with Crippen molar-refractivity contribution in [1.29, 1.82) is 0 Å². The summed E-state index contributed by atoms with van der Waals surface area (Å²) in [6, 6.07) is 5.26. The zero-order chi connectivity index (χ0) is 13.7. The van der Waals surface area contributed by atoms with Crippen molar-refractivity contribution in [2.75, 3.05) is 6.61 Å². The lowest BCUT2D eigenvalue weighted by atomic mass is 10.1. The first-order valence-corrected chi connectivity index (χ1v) is 5.84. The second kappa shape index (κ2) is 6.19. The highest BCUT2D eigenvalue weighted by molar-refractivity contribution is 5.97. The van der Waals surface area contributed by atoms with Gasteiger partial charge in [-0.3, -0.25) is 4.79 Å². The average Bonchev–Trinajstić information content (AvgIpc) is 2.26. The van der Waals surface area contributed by atoms with Crippen molar-refractivity contribution in [3.63, 3.8) is 0 Å². The number of benzene rings is 1. The fourth-order valence-corrected chi connectivity index (χ4v) is 1.48. The third-order valence-corrected chi connectivity index (χ3v) is 2.23. The molecule has 0 spiro atoms. The zero-order valence-corrected chi connectivity index (χ0v) is 11.1. The molecular weight excluding hydrogens is 232 g/mol. The summed E-state index contributed by atoms with van der Waals surface area (Å²) in [7, 11) is 0. The normalized spacial score (nSPS) is 10.3. The van der Waals surface area contributed by atoms with E-state index in [0.29, 0.717) is 11.3 Å². The van der Waals surface area contributed by atoms with E-state index < -0.39 is 5.97 Å². The van der Waals surface area contributed by atoms with Crippen LogP contribution in [0, 0.1) is 6.92 Å². The number of hydrogen-bond acceptors (Lipinski definition) is 4. The van der Waals surface area contributed by atoms with Crippen LogP contribution in [0.4, 0.5) is 0 Å². The number of rotatable bonds is 5. The molecule has 0 aliphatic carbocycles. The summed E-state index contributed by atoms with van der Waals surface area (Å²) in [6.45, 7) is 6.70. The topological polar surface area (TPSA) is 52.6 Å². The van der Waals surface area contributed by atoms with E-state index in [1.54, 1.807) is 26.0 Å². The predicted molar refractivity (Wildman–Crippen MR) is 67.9 cm³/mol. The average molecular weight is 250 g/mol. The summed E-state index contributed by atoms with van der Waals surface area (Å²) in [5.74, 6) is -0.125.